The highest BCUT2D eigenvalue weighted by Gasteiger charge is 2.51. The summed E-state index contributed by atoms with van der Waals surface area (Å²) in [5.41, 5.74) is -0.330. The van der Waals surface area contributed by atoms with Crippen LogP contribution in [0.25, 0.3) is 0 Å². The van der Waals surface area contributed by atoms with Crippen molar-refractivity contribution in [2.24, 2.45) is 0 Å². The van der Waals surface area contributed by atoms with Gasteiger partial charge in [0, 0.05) is 24.0 Å². The number of thiophene rings is 2. The Morgan fingerprint density at radius 3 is 2.63 bits per heavy atom. The molecule has 0 radical (unpaired) electrons. The van der Waals surface area contributed by atoms with E-state index in [9.17, 15) is 13.2 Å². The smallest absolute Gasteiger partial charge is 0.252 e. The molecule has 1 saturated carbocycles. The average molecular weight is 425 g/mol. The average Bonchev–Trinajstić information content (AvgIpc) is 3.08. The Morgan fingerprint density at radius 2 is 1.96 bits per heavy atom. The van der Waals surface area contributed by atoms with Crippen molar-refractivity contribution in [2.75, 3.05) is 13.1 Å². The molecule has 1 aliphatic carbocycles. The minimum Gasteiger partial charge on any atom is -0.355 e. The van der Waals surface area contributed by atoms with Crippen LogP contribution in [-0.2, 0) is 20.2 Å². The minimum absolute atomic E-state index is 0.0389. The predicted molar refractivity (Wildman–Crippen MR) is 109 cm³/mol. The highest BCUT2D eigenvalue weighted by molar-refractivity contribution is 7.91. The van der Waals surface area contributed by atoms with E-state index in [1.165, 1.54) is 11.3 Å². The number of amides is 1. The molecule has 8 heteroatoms. The van der Waals surface area contributed by atoms with E-state index < -0.39 is 10.0 Å². The first-order valence-corrected chi connectivity index (χ1v) is 12.6. The first kappa shape index (κ1) is 19.1. The molecule has 5 nitrogen and oxygen atoms in total. The molecule has 1 saturated heterocycles. The summed E-state index contributed by atoms with van der Waals surface area (Å²) in [7, 11) is -3.43. The van der Waals surface area contributed by atoms with Gasteiger partial charge in [-0.2, -0.15) is 4.31 Å². The van der Waals surface area contributed by atoms with Crippen LogP contribution in [0.5, 0.6) is 0 Å². The number of carbonyl (C=O) groups is 1. The van der Waals surface area contributed by atoms with Crippen molar-refractivity contribution in [3.8, 4) is 0 Å². The highest BCUT2D eigenvalue weighted by Crippen LogP contribution is 2.50. The monoisotopic (exact) mass is 424 g/mol. The molecule has 1 N–H and O–H groups in total. The molecule has 1 unspecified atom stereocenters. The number of carbonyl (C=O) groups excluding carboxylic acids is 1. The summed E-state index contributed by atoms with van der Waals surface area (Å²) in [6, 6.07) is 7.43. The van der Waals surface area contributed by atoms with E-state index in [0.29, 0.717) is 23.7 Å². The van der Waals surface area contributed by atoms with Crippen molar-refractivity contribution in [3.05, 3.63) is 39.9 Å². The van der Waals surface area contributed by atoms with E-state index in [4.69, 9.17) is 0 Å². The first-order chi connectivity index (χ1) is 13.0. The van der Waals surface area contributed by atoms with Gasteiger partial charge in [-0.3, -0.25) is 4.79 Å². The third kappa shape index (κ3) is 3.72. The number of nitrogens with zero attached hydrogens (tertiary/aromatic N) is 1. The van der Waals surface area contributed by atoms with E-state index in [1.54, 1.807) is 33.2 Å². The predicted octanol–water partition coefficient (Wildman–Crippen LogP) is 3.59. The van der Waals surface area contributed by atoms with Crippen LogP contribution in [0.15, 0.2) is 39.2 Å². The Kier molecular flexibility index (Phi) is 5.42. The molecule has 2 aliphatic rings. The van der Waals surface area contributed by atoms with Gasteiger partial charge in [0.2, 0.25) is 5.91 Å². The molecule has 0 spiro atoms. The number of piperidine rings is 1. The fraction of sp³-hybridized carbons (Fsp3) is 0.526. The Bertz CT molecular complexity index is 871. The molecule has 0 aromatic carbocycles. The van der Waals surface area contributed by atoms with Crippen molar-refractivity contribution >= 4 is 38.6 Å². The van der Waals surface area contributed by atoms with Crippen molar-refractivity contribution in [1.82, 2.24) is 9.62 Å². The summed E-state index contributed by atoms with van der Waals surface area (Å²) >= 11 is 2.90. The second-order valence-electron chi connectivity index (χ2n) is 7.30. The Labute approximate surface area is 168 Å². The SMILES string of the molecule is O=C(NCCC1CCCCN1S(=O)(=O)c1cccs1)C1(c2cccs2)CC1. The number of rotatable bonds is 7. The maximum absolute atomic E-state index is 12.9. The molecule has 4 rings (SSSR count). The van der Waals surface area contributed by atoms with Gasteiger partial charge in [0.15, 0.2) is 0 Å². The molecule has 1 atom stereocenters. The van der Waals surface area contributed by atoms with Gasteiger partial charge in [0.25, 0.3) is 10.0 Å². The van der Waals surface area contributed by atoms with E-state index >= 15 is 0 Å². The Hall–Kier alpha value is -1.22. The van der Waals surface area contributed by atoms with Crippen LogP contribution in [0.2, 0.25) is 0 Å². The van der Waals surface area contributed by atoms with E-state index in [0.717, 1.165) is 37.0 Å². The zero-order valence-electron chi connectivity index (χ0n) is 15.1. The van der Waals surface area contributed by atoms with Crippen LogP contribution >= 0.6 is 22.7 Å². The topological polar surface area (TPSA) is 66.5 Å². The quantitative estimate of drug-likeness (QED) is 0.739. The van der Waals surface area contributed by atoms with E-state index in [1.807, 2.05) is 17.5 Å². The van der Waals surface area contributed by atoms with Crippen molar-refractivity contribution in [2.45, 2.75) is 54.2 Å². The lowest BCUT2D eigenvalue weighted by atomic mass is 10.0. The zero-order chi connectivity index (χ0) is 18.9. The minimum atomic E-state index is -3.43. The third-order valence-electron chi connectivity index (χ3n) is 5.57. The Morgan fingerprint density at radius 1 is 1.19 bits per heavy atom. The van der Waals surface area contributed by atoms with Crippen molar-refractivity contribution < 1.29 is 13.2 Å². The van der Waals surface area contributed by atoms with Crippen LogP contribution in [0, 0.1) is 0 Å². The molecule has 1 amide bonds. The van der Waals surface area contributed by atoms with Gasteiger partial charge in [-0.05, 0) is 55.0 Å². The van der Waals surface area contributed by atoms with E-state index in [2.05, 4.69) is 5.32 Å². The van der Waals surface area contributed by atoms with Gasteiger partial charge in [0.1, 0.15) is 4.21 Å². The van der Waals surface area contributed by atoms with Gasteiger partial charge in [-0.25, -0.2) is 8.42 Å². The van der Waals surface area contributed by atoms with Gasteiger partial charge >= 0.3 is 0 Å². The van der Waals surface area contributed by atoms with Gasteiger partial charge < -0.3 is 5.32 Å². The Balaban J connectivity index is 1.38. The van der Waals surface area contributed by atoms with Crippen LogP contribution in [0.4, 0.5) is 0 Å². The fourth-order valence-electron chi connectivity index (χ4n) is 3.89. The molecule has 27 heavy (non-hydrogen) atoms. The summed E-state index contributed by atoms with van der Waals surface area (Å²) in [6.07, 6.45) is 5.26. The van der Waals surface area contributed by atoms with Gasteiger partial charge in [-0.15, -0.1) is 22.7 Å². The molecular weight excluding hydrogens is 400 g/mol. The molecule has 1 aliphatic heterocycles. The number of hydrogen-bond acceptors (Lipinski definition) is 5. The van der Waals surface area contributed by atoms with E-state index in [-0.39, 0.29) is 17.4 Å². The van der Waals surface area contributed by atoms with Crippen LogP contribution in [0.1, 0.15) is 43.4 Å². The fourth-order valence-corrected chi connectivity index (χ4v) is 7.71. The molecule has 2 aromatic heterocycles. The van der Waals surface area contributed by atoms with Crippen LogP contribution in [-0.4, -0.2) is 37.8 Å². The molecule has 2 aromatic rings. The second kappa shape index (κ2) is 7.66. The lowest BCUT2D eigenvalue weighted by Crippen LogP contribution is -2.45. The largest absolute Gasteiger partial charge is 0.355 e. The lowest BCUT2D eigenvalue weighted by molar-refractivity contribution is -0.123. The third-order valence-corrected chi connectivity index (χ3v) is 9.97. The summed E-state index contributed by atoms with van der Waals surface area (Å²) < 4.78 is 27.9. The molecule has 3 heterocycles. The molecule has 146 valence electrons. The van der Waals surface area contributed by atoms with Gasteiger partial charge in [-0.1, -0.05) is 18.6 Å². The number of nitrogens with one attached hydrogen (secondary N) is 1. The summed E-state index contributed by atoms with van der Waals surface area (Å²) in [4.78, 5) is 13.8. The normalized spacial score (nSPS) is 22.4. The van der Waals surface area contributed by atoms with Crippen LogP contribution < -0.4 is 5.32 Å². The summed E-state index contributed by atoms with van der Waals surface area (Å²) in [6.45, 7) is 1.09. The standard InChI is InChI=1S/C19H24N2O3S3/c22-18(19(9-10-19)16-6-3-13-25-16)20-11-8-15-5-1-2-12-21(15)27(23,24)17-7-4-14-26-17/h3-4,6-7,13-15H,1-2,5,8-12H2,(H,20,22). The first-order valence-electron chi connectivity index (χ1n) is 9.42. The van der Waals surface area contributed by atoms with Crippen molar-refractivity contribution in [1.29, 1.82) is 0 Å². The highest BCUT2D eigenvalue weighted by atomic mass is 32.2. The second-order valence-corrected chi connectivity index (χ2v) is 11.3. The number of hydrogen-bond donors (Lipinski definition) is 1. The van der Waals surface area contributed by atoms with Crippen LogP contribution in [0.3, 0.4) is 0 Å². The molecule has 2 fully saturated rings. The zero-order valence-corrected chi connectivity index (χ0v) is 17.5. The number of sulfonamides is 1. The van der Waals surface area contributed by atoms with Crippen molar-refractivity contribution in [3.63, 3.8) is 0 Å². The maximum Gasteiger partial charge on any atom is 0.252 e. The summed E-state index contributed by atoms with van der Waals surface area (Å²) in [5.74, 6) is 0.0911. The summed E-state index contributed by atoms with van der Waals surface area (Å²) in [5, 5.41) is 6.89. The lowest BCUT2D eigenvalue weighted by Gasteiger charge is -2.34. The van der Waals surface area contributed by atoms with Gasteiger partial charge in [0.05, 0.1) is 5.41 Å². The molecule has 0 bridgehead atoms. The maximum atomic E-state index is 12.9. The molecular formula is C19H24N2O3S3.